The zero-order valence-electron chi connectivity index (χ0n) is 9.59. The quantitative estimate of drug-likeness (QED) is 0.685. The van der Waals surface area contributed by atoms with Gasteiger partial charge in [0.05, 0.1) is 18.6 Å². The number of rotatable bonds is 0. The van der Waals surface area contributed by atoms with Crippen LogP contribution in [0.4, 0.5) is 13.6 Å². The minimum Gasteiger partial charge on any atom is -0.444 e. The molecule has 0 aromatic heterocycles. The Hall–Kier alpha value is -0.910. The van der Waals surface area contributed by atoms with Gasteiger partial charge < -0.3 is 10.1 Å². The second-order valence-electron chi connectivity index (χ2n) is 5.32. The molecule has 0 spiro atoms. The second kappa shape index (κ2) is 3.29. The number of nitrogens with one attached hydrogen (secondary N) is 1. The van der Waals surface area contributed by atoms with Crippen molar-refractivity contribution in [1.29, 1.82) is 0 Å². The Morgan fingerprint density at radius 1 is 1.50 bits per heavy atom. The first-order chi connectivity index (χ1) is 7.21. The first-order valence-corrected chi connectivity index (χ1v) is 5.31. The molecule has 2 aliphatic heterocycles. The highest BCUT2D eigenvalue weighted by Crippen LogP contribution is 2.37. The van der Waals surface area contributed by atoms with Crippen LogP contribution in [0, 0.1) is 0 Å². The van der Waals surface area contributed by atoms with Crippen LogP contribution in [0.3, 0.4) is 0 Å². The molecule has 2 heterocycles. The zero-order chi connectivity index (χ0) is 12.1. The third-order valence-corrected chi connectivity index (χ3v) is 2.80. The van der Waals surface area contributed by atoms with E-state index in [9.17, 15) is 13.6 Å². The molecule has 0 bridgehead atoms. The lowest BCUT2D eigenvalue weighted by Gasteiger charge is -2.37. The summed E-state index contributed by atoms with van der Waals surface area (Å²) in [6, 6.07) is -1.33. The van der Waals surface area contributed by atoms with Gasteiger partial charge in [0.1, 0.15) is 5.60 Å². The molecule has 1 amide bonds. The van der Waals surface area contributed by atoms with E-state index in [4.69, 9.17) is 4.74 Å². The molecule has 0 unspecified atom stereocenters. The molecule has 2 saturated heterocycles. The fourth-order valence-electron chi connectivity index (χ4n) is 2.03. The van der Waals surface area contributed by atoms with Crippen molar-refractivity contribution >= 4 is 6.09 Å². The van der Waals surface area contributed by atoms with Crippen LogP contribution in [0.1, 0.15) is 20.8 Å². The van der Waals surface area contributed by atoms with Gasteiger partial charge >= 0.3 is 6.09 Å². The van der Waals surface area contributed by atoms with E-state index in [1.54, 1.807) is 20.8 Å². The van der Waals surface area contributed by atoms with E-state index in [0.29, 0.717) is 6.54 Å². The van der Waals surface area contributed by atoms with Crippen LogP contribution in [-0.2, 0) is 4.74 Å². The van der Waals surface area contributed by atoms with Crippen LogP contribution in [0.2, 0.25) is 0 Å². The molecular formula is C10H16F2N2O2. The normalized spacial score (nSPS) is 31.9. The molecule has 1 N–H and O–H groups in total. The standard InChI is InChI=1S/C10H16F2N2O2/c1-9(2,3)16-8(15)14-5-10(11,12)7-6(14)4-13-7/h6-7,13H,4-5H2,1-3H3/t6-,7+/m1/s1. The van der Waals surface area contributed by atoms with Crippen molar-refractivity contribution in [3.8, 4) is 0 Å². The number of alkyl halides is 2. The van der Waals surface area contributed by atoms with Crippen molar-refractivity contribution in [3.05, 3.63) is 0 Å². The second-order valence-corrected chi connectivity index (χ2v) is 5.32. The number of carbonyl (C=O) groups is 1. The van der Waals surface area contributed by atoms with Gasteiger partial charge in [0.25, 0.3) is 5.92 Å². The highest BCUT2D eigenvalue weighted by atomic mass is 19.3. The van der Waals surface area contributed by atoms with Crippen molar-refractivity contribution in [2.24, 2.45) is 0 Å². The maximum absolute atomic E-state index is 13.4. The molecular weight excluding hydrogens is 218 g/mol. The Balaban J connectivity index is 2.04. The van der Waals surface area contributed by atoms with E-state index in [0.717, 1.165) is 4.90 Å². The molecule has 0 saturated carbocycles. The lowest BCUT2D eigenvalue weighted by molar-refractivity contribution is -0.0237. The van der Waals surface area contributed by atoms with Gasteiger partial charge in [0, 0.05) is 6.54 Å². The van der Waals surface area contributed by atoms with E-state index >= 15 is 0 Å². The van der Waals surface area contributed by atoms with Crippen molar-refractivity contribution < 1.29 is 18.3 Å². The molecule has 2 atom stereocenters. The molecule has 92 valence electrons. The molecule has 0 aromatic rings. The van der Waals surface area contributed by atoms with Gasteiger partial charge in [0.15, 0.2) is 0 Å². The number of amides is 1. The minimum atomic E-state index is -2.85. The van der Waals surface area contributed by atoms with Crippen molar-refractivity contribution in [2.75, 3.05) is 13.1 Å². The third-order valence-electron chi connectivity index (χ3n) is 2.80. The van der Waals surface area contributed by atoms with Gasteiger partial charge in [-0.25, -0.2) is 13.6 Å². The molecule has 2 aliphatic rings. The highest BCUT2D eigenvalue weighted by Gasteiger charge is 2.60. The van der Waals surface area contributed by atoms with E-state index < -0.39 is 36.2 Å². The first kappa shape index (κ1) is 11.6. The molecule has 6 heteroatoms. The molecule has 16 heavy (non-hydrogen) atoms. The van der Waals surface area contributed by atoms with Gasteiger partial charge in [0.2, 0.25) is 0 Å². The fourth-order valence-corrected chi connectivity index (χ4v) is 2.03. The molecule has 2 fully saturated rings. The van der Waals surface area contributed by atoms with Crippen LogP contribution in [0.5, 0.6) is 0 Å². The highest BCUT2D eigenvalue weighted by molar-refractivity contribution is 5.70. The van der Waals surface area contributed by atoms with E-state index in [1.165, 1.54) is 0 Å². The summed E-state index contributed by atoms with van der Waals surface area (Å²) in [5.74, 6) is -2.85. The van der Waals surface area contributed by atoms with Crippen molar-refractivity contribution in [3.63, 3.8) is 0 Å². The Bertz CT molecular complexity index is 314. The van der Waals surface area contributed by atoms with E-state index in [2.05, 4.69) is 5.32 Å². The summed E-state index contributed by atoms with van der Waals surface area (Å²) >= 11 is 0. The van der Waals surface area contributed by atoms with Crippen LogP contribution in [0.15, 0.2) is 0 Å². The zero-order valence-corrected chi connectivity index (χ0v) is 9.59. The summed E-state index contributed by atoms with van der Waals surface area (Å²) < 4.78 is 31.8. The number of ether oxygens (including phenoxy) is 1. The summed E-state index contributed by atoms with van der Waals surface area (Å²) in [7, 11) is 0. The maximum atomic E-state index is 13.4. The van der Waals surface area contributed by atoms with Gasteiger partial charge in [-0.1, -0.05) is 0 Å². The largest absolute Gasteiger partial charge is 0.444 e. The third kappa shape index (κ3) is 1.86. The summed E-state index contributed by atoms with van der Waals surface area (Å²) in [5, 5.41) is 2.65. The van der Waals surface area contributed by atoms with Gasteiger partial charge in [-0.05, 0) is 20.8 Å². The molecule has 0 aromatic carbocycles. The molecule has 2 rings (SSSR count). The van der Waals surface area contributed by atoms with Crippen molar-refractivity contribution in [1.82, 2.24) is 10.2 Å². The number of halogens is 2. The Morgan fingerprint density at radius 2 is 2.12 bits per heavy atom. The summed E-state index contributed by atoms with van der Waals surface area (Å²) in [6.07, 6.45) is -0.652. The Kier molecular flexibility index (Phi) is 2.38. The lowest BCUT2D eigenvalue weighted by atomic mass is 9.99. The smallest absolute Gasteiger partial charge is 0.410 e. The Morgan fingerprint density at radius 3 is 2.50 bits per heavy atom. The van der Waals surface area contributed by atoms with Crippen LogP contribution in [-0.4, -0.2) is 47.7 Å². The van der Waals surface area contributed by atoms with E-state index in [-0.39, 0.29) is 0 Å². The monoisotopic (exact) mass is 234 g/mol. The minimum absolute atomic E-state index is 0.416. The number of likely N-dealkylation sites (tertiary alicyclic amines) is 1. The number of hydrogen-bond donors (Lipinski definition) is 1. The fraction of sp³-hybridized carbons (Fsp3) is 0.900. The average molecular weight is 234 g/mol. The molecule has 0 radical (unpaired) electrons. The predicted octanol–water partition coefficient (Wildman–Crippen LogP) is 1.21. The first-order valence-electron chi connectivity index (χ1n) is 5.31. The van der Waals surface area contributed by atoms with Crippen LogP contribution >= 0.6 is 0 Å². The molecule has 4 nitrogen and oxygen atoms in total. The average Bonchev–Trinajstić information content (AvgIpc) is 2.11. The molecule has 0 aliphatic carbocycles. The number of nitrogens with zero attached hydrogens (tertiary/aromatic N) is 1. The Labute approximate surface area is 92.9 Å². The van der Waals surface area contributed by atoms with Crippen molar-refractivity contribution in [2.45, 2.75) is 44.4 Å². The van der Waals surface area contributed by atoms with Gasteiger partial charge in [-0.2, -0.15) is 0 Å². The maximum Gasteiger partial charge on any atom is 0.410 e. The number of hydrogen-bond acceptors (Lipinski definition) is 3. The summed E-state index contributed by atoms with van der Waals surface area (Å²) in [5.41, 5.74) is -0.651. The summed E-state index contributed by atoms with van der Waals surface area (Å²) in [6.45, 7) is 5.02. The van der Waals surface area contributed by atoms with Gasteiger partial charge in [-0.3, -0.25) is 4.90 Å². The van der Waals surface area contributed by atoms with E-state index in [1.807, 2.05) is 0 Å². The van der Waals surface area contributed by atoms with Crippen LogP contribution < -0.4 is 5.32 Å². The predicted molar refractivity (Wildman–Crippen MR) is 53.5 cm³/mol. The number of fused-ring (bicyclic) bond motifs is 1. The topological polar surface area (TPSA) is 41.6 Å². The SMILES string of the molecule is CC(C)(C)OC(=O)N1CC(F)(F)[C@H]2NC[C@H]21. The van der Waals surface area contributed by atoms with Gasteiger partial charge in [-0.15, -0.1) is 0 Å². The lowest BCUT2D eigenvalue weighted by Crippen LogP contribution is -2.64. The number of carbonyl (C=O) groups excluding carboxylic acids is 1. The summed E-state index contributed by atoms with van der Waals surface area (Å²) in [4.78, 5) is 12.8. The van der Waals surface area contributed by atoms with Crippen LogP contribution in [0.25, 0.3) is 0 Å².